The van der Waals surface area contributed by atoms with Crippen molar-refractivity contribution in [3.63, 3.8) is 0 Å². The maximum absolute atomic E-state index is 5.95. The Labute approximate surface area is 85.2 Å². The van der Waals surface area contributed by atoms with E-state index in [-0.39, 0.29) is 6.79 Å². The molecule has 0 fully saturated rings. The molecule has 1 aliphatic heterocycles. The van der Waals surface area contributed by atoms with Crippen LogP contribution in [0.1, 0.15) is 0 Å². The fraction of sp³-hybridized carbons (Fsp3) is 0.100. The highest BCUT2D eigenvalue weighted by molar-refractivity contribution is 6.34. The van der Waals surface area contributed by atoms with Crippen LogP contribution >= 0.6 is 11.6 Å². The first-order chi connectivity index (χ1) is 6.84. The number of pyridine rings is 1. The van der Waals surface area contributed by atoms with Crippen LogP contribution in [0, 0.1) is 0 Å². The third-order valence-electron chi connectivity index (χ3n) is 2.21. The molecular formula is C10H6ClNO2. The summed E-state index contributed by atoms with van der Waals surface area (Å²) in [6, 6.07) is 5.65. The van der Waals surface area contributed by atoms with Gasteiger partial charge in [0.2, 0.25) is 6.79 Å². The van der Waals surface area contributed by atoms with E-state index in [0.29, 0.717) is 5.15 Å². The van der Waals surface area contributed by atoms with E-state index < -0.39 is 0 Å². The molecule has 1 aromatic carbocycles. The number of nitrogens with zero attached hydrogens (tertiary/aromatic N) is 1. The van der Waals surface area contributed by atoms with E-state index in [9.17, 15) is 0 Å². The first-order valence-corrected chi connectivity index (χ1v) is 4.56. The molecule has 0 saturated heterocycles. The number of ether oxygens (including phenoxy) is 2. The van der Waals surface area contributed by atoms with Gasteiger partial charge in [-0.05, 0) is 23.6 Å². The van der Waals surface area contributed by atoms with E-state index in [1.165, 1.54) is 0 Å². The summed E-state index contributed by atoms with van der Waals surface area (Å²) in [7, 11) is 0. The Morgan fingerprint density at radius 2 is 2.00 bits per heavy atom. The first kappa shape index (κ1) is 7.88. The van der Waals surface area contributed by atoms with Crippen molar-refractivity contribution >= 4 is 22.4 Å². The summed E-state index contributed by atoms with van der Waals surface area (Å²) >= 11 is 5.95. The highest BCUT2D eigenvalue weighted by atomic mass is 35.5. The van der Waals surface area contributed by atoms with Crippen molar-refractivity contribution in [1.82, 2.24) is 4.98 Å². The van der Waals surface area contributed by atoms with Crippen molar-refractivity contribution in [1.29, 1.82) is 0 Å². The monoisotopic (exact) mass is 207 g/mol. The maximum atomic E-state index is 5.95. The van der Waals surface area contributed by atoms with Gasteiger partial charge in [0, 0.05) is 11.6 Å². The Balaban J connectivity index is 2.39. The van der Waals surface area contributed by atoms with Crippen molar-refractivity contribution in [2.75, 3.05) is 6.79 Å². The van der Waals surface area contributed by atoms with Crippen molar-refractivity contribution in [2.24, 2.45) is 0 Å². The van der Waals surface area contributed by atoms with Crippen molar-refractivity contribution in [3.05, 3.63) is 29.5 Å². The van der Waals surface area contributed by atoms with Crippen LogP contribution in [0.4, 0.5) is 0 Å². The van der Waals surface area contributed by atoms with Gasteiger partial charge in [0.1, 0.15) is 5.15 Å². The van der Waals surface area contributed by atoms with Gasteiger partial charge < -0.3 is 9.47 Å². The molecule has 1 aromatic heterocycles. The van der Waals surface area contributed by atoms with Gasteiger partial charge in [-0.25, -0.2) is 4.98 Å². The van der Waals surface area contributed by atoms with Gasteiger partial charge in [-0.2, -0.15) is 0 Å². The number of benzene rings is 1. The van der Waals surface area contributed by atoms with E-state index in [1.807, 2.05) is 18.2 Å². The smallest absolute Gasteiger partial charge is 0.231 e. The third-order valence-corrected chi connectivity index (χ3v) is 2.51. The lowest BCUT2D eigenvalue weighted by Crippen LogP contribution is -1.92. The highest BCUT2D eigenvalue weighted by Crippen LogP contribution is 2.37. The number of hydrogen-bond donors (Lipinski definition) is 0. The molecule has 70 valence electrons. The Hall–Kier alpha value is -1.48. The molecule has 14 heavy (non-hydrogen) atoms. The second-order valence-electron chi connectivity index (χ2n) is 3.03. The largest absolute Gasteiger partial charge is 0.454 e. The Bertz CT molecular complexity index is 513. The minimum absolute atomic E-state index is 0.275. The van der Waals surface area contributed by atoms with E-state index in [4.69, 9.17) is 21.1 Å². The van der Waals surface area contributed by atoms with E-state index in [2.05, 4.69) is 4.98 Å². The summed E-state index contributed by atoms with van der Waals surface area (Å²) in [5, 5.41) is 2.38. The molecule has 0 amide bonds. The van der Waals surface area contributed by atoms with Crippen molar-refractivity contribution < 1.29 is 9.47 Å². The van der Waals surface area contributed by atoms with Crippen molar-refractivity contribution in [3.8, 4) is 11.5 Å². The van der Waals surface area contributed by atoms with Crippen LogP contribution in [0.25, 0.3) is 10.8 Å². The summed E-state index contributed by atoms with van der Waals surface area (Å²) in [6.07, 6.45) is 1.67. The molecule has 3 nitrogen and oxygen atoms in total. The number of halogens is 1. The number of hydrogen-bond acceptors (Lipinski definition) is 3. The molecule has 2 aromatic rings. The molecule has 0 bridgehead atoms. The zero-order chi connectivity index (χ0) is 9.54. The molecular weight excluding hydrogens is 202 g/mol. The van der Waals surface area contributed by atoms with Crippen molar-refractivity contribution in [2.45, 2.75) is 0 Å². The number of fused-ring (bicyclic) bond motifs is 2. The second-order valence-corrected chi connectivity index (χ2v) is 3.39. The van der Waals surface area contributed by atoms with Gasteiger partial charge in [0.15, 0.2) is 11.5 Å². The molecule has 0 unspecified atom stereocenters. The fourth-order valence-electron chi connectivity index (χ4n) is 1.53. The minimum Gasteiger partial charge on any atom is -0.454 e. The van der Waals surface area contributed by atoms with Gasteiger partial charge in [-0.1, -0.05) is 11.6 Å². The van der Waals surface area contributed by atoms with Crippen LogP contribution in [-0.2, 0) is 0 Å². The average Bonchev–Trinajstić information content (AvgIpc) is 2.62. The van der Waals surface area contributed by atoms with Gasteiger partial charge in [-0.3, -0.25) is 0 Å². The standard InChI is InChI=1S/C10H6ClNO2/c11-10-7-4-9-8(13-5-14-9)3-6(7)1-2-12-10/h1-4H,5H2. The normalized spacial score (nSPS) is 13.5. The molecule has 0 atom stereocenters. The number of aromatic nitrogens is 1. The zero-order valence-corrected chi connectivity index (χ0v) is 7.91. The van der Waals surface area contributed by atoms with Gasteiger partial charge in [-0.15, -0.1) is 0 Å². The molecule has 0 aliphatic carbocycles. The van der Waals surface area contributed by atoms with Crippen LogP contribution in [-0.4, -0.2) is 11.8 Å². The Morgan fingerprint density at radius 1 is 1.21 bits per heavy atom. The number of rotatable bonds is 0. The predicted octanol–water partition coefficient (Wildman–Crippen LogP) is 2.62. The van der Waals surface area contributed by atoms with Crippen LogP contribution in [0.15, 0.2) is 24.4 Å². The summed E-state index contributed by atoms with van der Waals surface area (Å²) in [5.74, 6) is 1.49. The van der Waals surface area contributed by atoms with Gasteiger partial charge >= 0.3 is 0 Å². The topological polar surface area (TPSA) is 31.4 Å². The minimum atomic E-state index is 0.275. The highest BCUT2D eigenvalue weighted by Gasteiger charge is 2.14. The van der Waals surface area contributed by atoms with Crippen LogP contribution in [0.2, 0.25) is 5.15 Å². The van der Waals surface area contributed by atoms with E-state index in [1.54, 1.807) is 6.20 Å². The molecule has 2 heterocycles. The maximum Gasteiger partial charge on any atom is 0.231 e. The summed E-state index contributed by atoms with van der Waals surface area (Å²) in [5.41, 5.74) is 0. The zero-order valence-electron chi connectivity index (χ0n) is 7.16. The first-order valence-electron chi connectivity index (χ1n) is 4.18. The van der Waals surface area contributed by atoms with Crippen LogP contribution in [0.5, 0.6) is 11.5 Å². The quantitative estimate of drug-likeness (QED) is 0.623. The van der Waals surface area contributed by atoms with Crippen LogP contribution in [0.3, 0.4) is 0 Å². The third kappa shape index (κ3) is 1.02. The summed E-state index contributed by atoms with van der Waals surface area (Å²) < 4.78 is 10.5. The Morgan fingerprint density at radius 3 is 2.86 bits per heavy atom. The van der Waals surface area contributed by atoms with E-state index >= 15 is 0 Å². The van der Waals surface area contributed by atoms with E-state index in [0.717, 1.165) is 22.3 Å². The van der Waals surface area contributed by atoms with Crippen LogP contribution < -0.4 is 9.47 Å². The van der Waals surface area contributed by atoms with Gasteiger partial charge in [0.25, 0.3) is 0 Å². The lowest BCUT2D eigenvalue weighted by molar-refractivity contribution is 0.174. The molecule has 0 saturated carbocycles. The molecule has 0 N–H and O–H groups in total. The second kappa shape index (κ2) is 2.75. The SMILES string of the molecule is Clc1nccc2cc3c(cc12)OCO3. The fourth-order valence-corrected chi connectivity index (χ4v) is 1.75. The molecule has 1 aliphatic rings. The van der Waals surface area contributed by atoms with Gasteiger partial charge in [0.05, 0.1) is 0 Å². The predicted molar refractivity (Wildman–Crippen MR) is 52.9 cm³/mol. The average molecular weight is 208 g/mol. The molecule has 4 heteroatoms. The molecule has 0 radical (unpaired) electrons. The molecule has 3 rings (SSSR count). The lowest BCUT2D eigenvalue weighted by atomic mass is 10.1. The lowest BCUT2D eigenvalue weighted by Gasteiger charge is -2.01. The molecule has 0 spiro atoms. The summed E-state index contributed by atoms with van der Waals surface area (Å²) in [4.78, 5) is 4.00. The summed E-state index contributed by atoms with van der Waals surface area (Å²) in [6.45, 7) is 0.275. The Kier molecular flexibility index (Phi) is 1.55.